The van der Waals surface area contributed by atoms with Crippen molar-refractivity contribution in [1.29, 1.82) is 0 Å². The van der Waals surface area contributed by atoms with Crippen LogP contribution in [0.2, 0.25) is 0 Å². The first-order valence-electron chi connectivity index (χ1n) is 8.82. The fraction of sp³-hybridized carbons (Fsp3) is 0.684. The molecule has 2 saturated carbocycles. The van der Waals surface area contributed by atoms with Crippen molar-refractivity contribution in [3.05, 3.63) is 35.9 Å². The lowest BCUT2D eigenvalue weighted by molar-refractivity contribution is 0.103. The smallest absolute Gasteiger partial charge is 0.0449 e. The highest BCUT2D eigenvalue weighted by Gasteiger charge is 2.41. The Hall–Kier alpha value is -0.860. The molecule has 1 aromatic carbocycles. The van der Waals surface area contributed by atoms with Crippen LogP contribution in [0.25, 0.3) is 0 Å². The van der Waals surface area contributed by atoms with Gasteiger partial charge in [0.15, 0.2) is 0 Å². The Morgan fingerprint density at radius 3 is 2.71 bits per heavy atom. The molecule has 0 spiro atoms. The van der Waals surface area contributed by atoms with Crippen molar-refractivity contribution in [3.63, 3.8) is 0 Å². The Kier molecular flexibility index (Phi) is 3.76. The number of nitrogens with one attached hydrogen (secondary N) is 1. The lowest BCUT2D eigenvalue weighted by atomic mass is 9.87. The van der Waals surface area contributed by atoms with E-state index in [0.29, 0.717) is 12.1 Å². The highest BCUT2D eigenvalue weighted by molar-refractivity contribution is 5.20. The Morgan fingerprint density at radius 2 is 2.00 bits per heavy atom. The molecule has 1 saturated heterocycles. The first-order valence-corrected chi connectivity index (χ1v) is 8.82. The van der Waals surface area contributed by atoms with Crippen LogP contribution >= 0.6 is 0 Å². The summed E-state index contributed by atoms with van der Waals surface area (Å²) in [6.45, 7) is 6.04. The molecule has 0 aromatic heterocycles. The highest BCUT2D eigenvalue weighted by atomic mass is 15.2. The lowest BCUT2D eigenvalue weighted by Gasteiger charge is -2.41. The Labute approximate surface area is 128 Å². The zero-order chi connectivity index (χ0) is 14.2. The number of hydrogen-bond acceptors (Lipinski definition) is 2. The van der Waals surface area contributed by atoms with Gasteiger partial charge in [0, 0.05) is 31.7 Å². The Morgan fingerprint density at radius 1 is 1.14 bits per heavy atom. The van der Waals surface area contributed by atoms with Crippen LogP contribution in [0.15, 0.2) is 30.3 Å². The van der Waals surface area contributed by atoms with Gasteiger partial charge in [-0.1, -0.05) is 36.8 Å². The molecule has 3 fully saturated rings. The van der Waals surface area contributed by atoms with Gasteiger partial charge in [0.25, 0.3) is 0 Å². The molecule has 2 nitrogen and oxygen atoms in total. The average Bonchev–Trinajstić information content (AvgIpc) is 3.13. The summed E-state index contributed by atoms with van der Waals surface area (Å²) >= 11 is 0. The molecule has 1 heterocycles. The van der Waals surface area contributed by atoms with E-state index >= 15 is 0 Å². The van der Waals surface area contributed by atoms with E-state index < -0.39 is 0 Å². The molecule has 0 amide bonds. The van der Waals surface area contributed by atoms with E-state index in [1.54, 1.807) is 0 Å². The predicted molar refractivity (Wildman–Crippen MR) is 87.2 cm³/mol. The van der Waals surface area contributed by atoms with Crippen molar-refractivity contribution in [1.82, 2.24) is 10.2 Å². The van der Waals surface area contributed by atoms with Crippen LogP contribution in [0.5, 0.6) is 0 Å². The molecule has 1 N–H and O–H groups in total. The maximum atomic E-state index is 3.73. The summed E-state index contributed by atoms with van der Waals surface area (Å²) in [7, 11) is 0. The summed E-state index contributed by atoms with van der Waals surface area (Å²) < 4.78 is 0. The van der Waals surface area contributed by atoms with Crippen LogP contribution in [-0.2, 0) is 0 Å². The first kappa shape index (κ1) is 13.8. The lowest BCUT2D eigenvalue weighted by Crippen LogP contribution is -2.52. The van der Waals surface area contributed by atoms with Gasteiger partial charge in [-0.05, 0) is 49.5 Å². The summed E-state index contributed by atoms with van der Waals surface area (Å²) in [6.07, 6.45) is 6.08. The number of benzene rings is 1. The molecule has 2 heteroatoms. The Balaban J connectivity index is 1.42. The van der Waals surface area contributed by atoms with Crippen molar-refractivity contribution in [2.75, 3.05) is 19.6 Å². The van der Waals surface area contributed by atoms with Crippen LogP contribution in [0, 0.1) is 17.8 Å². The van der Waals surface area contributed by atoms with E-state index in [-0.39, 0.29) is 0 Å². The molecule has 5 unspecified atom stereocenters. The van der Waals surface area contributed by atoms with Crippen molar-refractivity contribution in [2.45, 2.75) is 44.7 Å². The van der Waals surface area contributed by atoms with Crippen LogP contribution in [0.4, 0.5) is 0 Å². The minimum absolute atomic E-state index is 0.515. The van der Waals surface area contributed by atoms with Gasteiger partial charge in [0.05, 0.1) is 0 Å². The van der Waals surface area contributed by atoms with Crippen LogP contribution in [0.3, 0.4) is 0 Å². The van der Waals surface area contributed by atoms with Crippen LogP contribution < -0.4 is 5.32 Å². The molecular weight excluding hydrogens is 256 g/mol. The van der Waals surface area contributed by atoms with Gasteiger partial charge in [0.2, 0.25) is 0 Å². The standard InChI is InChI=1S/C19H28N2/c1-14-11-20-19(16-5-3-2-4-6-16)13-21(14)12-18-10-15-7-8-17(18)9-15/h2-6,14-15,17-20H,7-13H2,1H3. The molecular formula is C19H28N2. The van der Waals surface area contributed by atoms with Gasteiger partial charge >= 0.3 is 0 Å². The average molecular weight is 284 g/mol. The van der Waals surface area contributed by atoms with E-state index in [0.717, 1.165) is 24.3 Å². The first-order chi connectivity index (χ1) is 10.3. The van der Waals surface area contributed by atoms with E-state index in [1.807, 2.05) is 0 Å². The monoisotopic (exact) mass is 284 g/mol. The fourth-order valence-corrected chi connectivity index (χ4v) is 4.99. The van der Waals surface area contributed by atoms with Crippen LogP contribution in [0.1, 0.15) is 44.2 Å². The summed E-state index contributed by atoms with van der Waals surface area (Å²) in [6, 6.07) is 12.2. The molecule has 5 atom stereocenters. The normalized spacial score (nSPS) is 39.8. The van der Waals surface area contributed by atoms with E-state index in [4.69, 9.17) is 0 Å². The quantitative estimate of drug-likeness (QED) is 0.914. The van der Waals surface area contributed by atoms with Gasteiger partial charge < -0.3 is 5.32 Å². The summed E-state index contributed by atoms with van der Waals surface area (Å²) in [4.78, 5) is 2.76. The van der Waals surface area contributed by atoms with Crippen molar-refractivity contribution < 1.29 is 0 Å². The van der Waals surface area contributed by atoms with E-state index in [2.05, 4.69) is 47.5 Å². The number of fused-ring (bicyclic) bond motifs is 2. The molecule has 2 bridgehead atoms. The molecule has 0 radical (unpaired) electrons. The summed E-state index contributed by atoms with van der Waals surface area (Å²) in [5.41, 5.74) is 1.45. The summed E-state index contributed by atoms with van der Waals surface area (Å²) in [5.74, 6) is 3.11. The Bertz CT molecular complexity index is 472. The number of rotatable bonds is 3. The third-order valence-electron chi connectivity index (χ3n) is 6.26. The van der Waals surface area contributed by atoms with Crippen molar-refractivity contribution in [3.8, 4) is 0 Å². The van der Waals surface area contributed by atoms with Gasteiger partial charge in [-0.2, -0.15) is 0 Å². The molecule has 3 aliphatic rings. The predicted octanol–water partition coefficient (Wildman–Crippen LogP) is 3.46. The zero-order valence-corrected chi connectivity index (χ0v) is 13.2. The molecule has 4 rings (SSSR count). The second kappa shape index (κ2) is 5.73. The number of piperazine rings is 1. The maximum absolute atomic E-state index is 3.73. The fourth-order valence-electron chi connectivity index (χ4n) is 4.99. The minimum atomic E-state index is 0.515. The van der Waals surface area contributed by atoms with Crippen molar-refractivity contribution in [2.24, 2.45) is 17.8 Å². The molecule has 2 aliphatic carbocycles. The topological polar surface area (TPSA) is 15.3 Å². The number of nitrogens with zero attached hydrogens (tertiary/aromatic N) is 1. The molecule has 1 aromatic rings. The molecule has 114 valence electrons. The number of hydrogen-bond donors (Lipinski definition) is 1. The SMILES string of the molecule is CC1CNC(c2ccccc2)CN1CC1CC2CCC1C2. The van der Waals surface area contributed by atoms with E-state index in [9.17, 15) is 0 Å². The second-order valence-electron chi connectivity index (χ2n) is 7.61. The maximum Gasteiger partial charge on any atom is 0.0449 e. The largest absolute Gasteiger partial charge is 0.307 e. The molecule has 1 aliphatic heterocycles. The second-order valence-corrected chi connectivity index (χ2v) is 7.61. The molecule has 21 heavy (non-hydrogen) atoms. The highest BCUT2D eigenvalue weighted by Crippen LogP contribution is 2.48. The van der Waals surface area contributed by atoms with Gasteiger partial charge in [-0.25, -0.2) is 0 Å². The third-order valence-corrected chi connectivity index (χ3v) is 6.26. The van der Waals surface area contributed by atoms with Crippen LogP contribution in [-0.4, -0.2) is 30.6 Å². The van der Waals surface area contributed by atoms with Gasteiger partial charge in [-0.15, -0.1) is 0 Å². The van der Waals surface area contributed by atoms with Gasteiger partial charge in [0.1, 0.15) is 0 Å². The minimum Gasteiger partial charge on any atom is -0.307 e. The zero-order valence-electron chi connectivity index (χ0n) is 13.2. The summed E-state index contributed by atoms with van der Waals surface area (Å²) in [5, 5.41) is 3.73. The van der Waals surface area contributed by atoms with E-state index in [1.165, 1.54) is 44.3 Å². The van der Waals surface area contributed by atoms with Crippen molar-refractivity contribution >= 4 is 0 Å². The third kappa shape index (κ3) is 2.76. The van der Waals surface area contributed by atoms with Gasteiger partial charge in [-0.3, -0.25) is 4.90 Å².